The summed E-state index contributed by atoms with van der Waals surface area (Å²) < 4.78 is 40.0. The average Bonchev–Trinajstić information content (AvgIpc) is 3.63. The zero-order valence-corrected chi connectivity index (χ0v) is 23.6. The summed E-state index contributed by atoms with van der Waals surface area (Å²) in [5.74, 6) is 1.03. The van der Waals surface area contributed by atoms with Crippen LogP contribution in [0.2, 0.25) is 0 Å². The van der Waals surface area contributed by atoms with E-state index in [1.54, 1.807) is 69.2 Å². The van der Waals surface area contributed by atoms with E-state index in [-0.39, 0.29) is 9.79 Å². The predicted octanol–water partition coefficient (Wildman–Crippen LogP) is 6.37. The molecule has 206 valence electrons. The molecule has 9 heteroatoms. The molecule has 3 heterocycles. The Bertz CT molecular complexity index is 1960. The number of sulfone groups is 1. The molecule has 0 bridgehead atoms. The highest BCUT2D eigenvalue weighted by Gasteiger charge is 2.29. The summed E-state index contributed by atoms with van der Waals surface area (Å²) in [6.07, 6.45) is 5.76. The minimum absolute atomic E-state index is 0.154. The number of fused-ring (bicyclic) bond motifs is 1. The Morgan fingerprint density at radius 1 is 0.829 bits per heavy atom. The van der Waals surface area contributed by atoms with Gasteiger partial charge in [-0.3, -0.25) is 5.10 Å². The van der Waals surface area contributed by atoms with Crippen molar-refractivity contribution in [1.29, 1.82) is 0 Å². The molecule has 0 unspecified atom stereocenters. The first-order chi connectivity index (χ1) is 19.9. The van der Waals surface area contributed by atoms with Gasteiger partial charge in [0.25, 0.3) is 0 Å². The lowest BCUT2D eigenvalue weighted by molar-refractivity contribution is 0.355. The average molecular weight is 565 g/mol. The number of aromatic nitrogens is 4. The number of hydrogen-bond acceptors (Lipinski definition) is 6. The van der Waals surface area contributed by atoms with E-state index < -0.39 is 9.84 Å². The molecule has 0 aliphatic heterocycles. The van der Waals surface area contributed by atoms with E-state index in [9.17, 15) is 8.42 Å². The van der Waals surface area contributed by atoms with Gasteiger partial charge in [0.2, 0.25) is 9.84 Å². The quantitative estimate of drug-likeness (QED) is 0.222. The maximum Gasteiger partial charge on any atom is 0.208 e. The van der Waals surface area contributed by atoms with Crippen LogP contribution in [-0.4, -0.2) is 42.8 Å². The second-order valence-electron chi connectivity index (χ2n) is 9.72. The number of benzene rings is 3. The second kappa shape index (κ2) is 10.6. The molecule has 0 saturated carbocycles. The lowest BCUT2D eigenvalue weighted by Crippen LogP contribution is -2.06. The van der Waals surface area contributed by atoms with Gasteiger partial charge in [-0.05, 0) is 42.3 Å². The first-order valence-corrected chi connectivity index (χ1v) is 14.5. The number of rotatable bonds is 8. The minimum atomic E-state index is -4.01. The van der Waals surface area contributed by atoms with E-state index in [2.05, 4.69) is 20.2 Å². The molecule has 0 amide bonds. The van der Waals surface area contributed by atoms with Gasteiger partial charge in [0.05, 0.1) is 29.7 Å². The molecule has 0 atom stereocenters. The molecule has 0 fully saturated rings. The third-order valence-electron chi connectivity index (χ3n) is 7.17. The van der Waals surface area contributed by atoms with Crippen LogP contribution in [0.25, 0.3) is 33.3 Å². The lowest BCUT2D eigenvalue weighted by atomic mass is 9.99. The number of methoxy groups -OCH3 is 2. The maximum absolute atomic E-state index is 14.5. The molecule has 0 spiro atoms. The van der Waals surface area contributed by atoms with Crippen molar-refractivity contribution in [2.24, 2.45) is 0 Å². The third kappa shape index (κ3) is 4.74. The molecule has 8 nitrogen and oxygen atoms in total. The lowest BCUT2D eigenvalue weighted by Gasteiger charge is -2.15. The van der Waals surface area contributed by atoms with Crippen molar-refractivity contribution in [2.45, 2.75) is 23.1 Å². The number of ether oxygens (including phenoxy) is 2. The monoisotopic (exact) mass is 564 g/mol. The van der Waals surface area contributed by atoms with Crippen LogP contribution >= 0.6 is 0 Å². The van der Waals surface area contributed by atoms with Gasteiger partial charge in [-0.1, -0.05) is 54.1 Å². The number of aromatic amines is 2. The van der Waals surface area contributed by atoms with Crippen LogP contribution in [0.4, 0.5) is 0 Å². The van der Waals surface area contributed by atoms with E-state index >= 15 is 0 Å². The van der Waals surface area contributed by atoms with Gasteiger partial charge in [0.1, 0.15) is 5.65 Å². The van der Waals surface area contributed by atoms with Crippen molar-refractivity contribution < 1.29 is 17.9 Å². The summed E-state index contributed by atoms with van der Waals surface area (Å²) in [5, 5.41) is 7.99. The summed E-state index contributed by atoms with van der Waals surface area (Å²) >= 11 is 0. The van der Waals surface area contributed by atoms with Crippen LogP contribution in [-0.2, 0) is 16.3 Å². The Morgan fingerprint density at radius 2 is 1.59 bits per heavy atom. The highest BCUT2D eigenvalue weighted by atomic mass is 32.2. The number of H-pyrrole nitrogens is 2. The largest absolute Gasteiger partial charge is 0.493 e. The molecule has 0 radical (unpaired) electrons. The van der Waals surface area contributed by atoms with Crippen molar-refractivity contribution in [2.75, 3.05) is 14.2 Å². The van der Waals surface area contributed by atoms with E-state index in [1.165, 1.54) is 0 Å². The molecule has 6 aromatic rings. The summed E-state index contributed by atoms with van der Waals surface area (Å²) in [6.45, 7) is 1.92. The van der Waals surface area contributed by atoms with Crippen LogP contribution in [0.15, 0.2) is 101 Å². The first-order valence-electron chi connectivity index (χ1n) is 13.0. The number of aryl methyl sites for hydroxylation is 1. The molecule has 3 aromatic heterocycles. The Hall–Kier alpha value is -4.89. The normalized spacial score (nSPS) is 11.6. The van der Waals surface area contributed by atoms with Gasteiger partial charge < -0.3 is 14.5 Å². The van der Waals surface area contributed by atoms with Crippen LogP contribution in [0, 0.1) is 6.92 Å². The minimum Gasteiger partial charge on any atom is -0.493 e. The Morgan fingerprint density at radius 3 is 2.32 bits per heavy atom. The number of nitrogens with zero attached hydrogens (tertiary/aromatic N) is 2. The van der Waals surface area contributed by atoms with Crippen molar-refractivity contribution in [3.63, 3.8) is 0 Å². The third-order valence-corrected chi connectivity index (χ3v) is 9.03. The van der Waals surface area contributed by atoms with Gasteiger partial charge in [-0.15, -0.1) is 0 Å². The molecule has 41 heavy (non-hydrogen) atoms. The van der Waals surface area contributed by atoms with E-state index in [0.717, 1.165) is 22.4 Å². The van der Waals surface area contributed by atoms with E-state index in [0.29, 0.717) is 45.6 Å². The number of hydrogen-bond donors (Lipinski definition) is 2. The van der Waals surface area contributed by atoms with Crippen LogP contribution < -0.4 is 9.47 Å². The smallest absolute Gasteiger partial charge is 0.208 e. The van der Waals surface area contributed by atoms with E-state index in [4.69, 9.17) is 9.47 Å². The highest BCUT2D eigenvalue weighted by molar-refractivity contribution is 7.92. The fourth-order valence-corrected chi connectivity index (χ4v) is 6.74. The molecule has 2 N–H and O–H groups in total. The highest BCUT2D eigenvalue weighted by Crippen LogP contribution is 2.43. The zero-order chi connectivity index (χ0) is 28.6. The molecule has 0 saturated heterocycles. The van der Waals surface area contributed by atoms with Crippen LogP contribution in [0.3, 0.4) is 0 Å². The van der Waals surface area contributed by atoms with Crippen molar-refractivity contribution in [1.82, 2.24) is 20.2 Å². The zero-order valence-electron chi connectivity index (χ0n) is 22.8. The molecule has 0 aliphatic rings. The van der Waals surface area contributed by atoms with Crippen LogP contribution in [0.1, 0.15) is 16.8 Å². The summed E-state index contributed by atoms with van der Waals surface area (Å²) in [4.78, 5) is 8.21. The SMILES string of the molecule is COc1ccc(-c2cnc3[nH]cc(-c4c[nH]nc4Cc4ccccc4)c3c2S(=O)(=O)c2ccc(C)cc2)cc1OC. The van der Waals surface area contributed by atoms with E-state index in [1.807, 2.05) is 43.3 Å². The molecule has 0 aliphatic carbocycles. The van der Waals surface area contributed by atoms with Gasteiger partial charge in [0, 0.05) is 47.1 Å². The van der Waals surface area contributed by atoms with Gasteiger partial charge >= 0.3 is 0 Å². The molecule has 3 aromatic carbocycles. The van der Waals surface area contributed by atoms with Crippen LogP contribution in [0.5, 0.6) is 11.5 Å². The Balaban J connectivity index is 1.63. The van der Waals surface area contributed by atoms with Crippen molar-refractivity contribution in [3.8, 4) is 33.8 Å². The Labute approximate surface area is 237 Å². The number of pyridine rings is 1. The maximum atomic E-state index is 14.5. The predicted molar refractivity (Wildman–Crippen MR) is 158 cm³/mol. The topological polar surface area (TPSA) is 110 Å². The molecular weight excluding hydrogens is 536 g/mol. The summed E-state index contributed by atoms with van der Waals surface area (Å²) in [5.41, 5.74) is 5.90. The molecular formula is C32H28N4O4S. The fourth-order valence-electron chi connectivity index (χ4n) is 5.08. The first kappa shape index (κ1) is 26.3. The second-order valence-corrected chi connectivity index (χ2v) is 11.6. The van der Waals surface area contributed by atoms with Crippen molar-refractivity contribution in [3.05, 3.63) is 108 Å². The van der Waals surface area contributed by atoms with Gasteiger partial charge in [-0.25, -0.2) is 13.4 Å². The van der Waals surface area contributed by atoms with Gasteiger partial charge in [0.15, 0.2) is 11.5 Å². The standard InChI is InChI=1S/C32H28N4O4S/c1-20-9-12-23(13-10-20)41(37,38)31-24(22-11-14-28(39-2)29(16-22)40-3)17-33-32-30(31)26(18-34-32)25-19-35-36-27(25)15-21-7-5-4-6-8-21/h4-14,16-19H,15H2,1-3H3,(H,33,34)(H,35,36). The summed E-state index contributed by atoms with van der Waals surface area (Å²) in [6, 6.07) is 22.2. The van der Waals surface area contributed by atoms with Crippen molar-refractivity contribution >= 4 is 20.9 Å². The van der Waals surface area contributed by atoms with Gasteiger partial charge in [-0.2, -0.15) is 5.10 Å². The fraction of sp³-hybridized carbons (Fsp3) is 0.125. The molecule has 6 rings (SSSR count). The Kier molecular flexibility index (Phi) is 6.80. The number of nitrogens with one attached hydrogen (secondary N) is 2. The summed E-state index contributed by atoms with van der Waals surface area (Å²) in [7, 11) is -0.910.